The number of aromatic hydroxyl groups is 2. The normalized spacial score (nSPS) is 11.5. The first-order valence-electron chi connectivity index (χ1n) is 8.43. The van der Waals surface area contributed by atoms with Gasteiger partial charge in [0.25, 0.3) is 11.8 Å². The summed E-state index contributed by atoms with van der Waals surface area (Å²) in [5.41, 5.74) is 0.598. The number of carbonyl (C=O) groups excluding carboxylic acids is 2. The quantitative estimate of drug-likeness (QED) is 0.154. The van der Waals surface area contributed by atoms with Crippen LogP contribution in [-0.4, -0.2) is 54.7 Å². The number of nitrogens with one attached hydrogen (secondary N) is 4. The number of methoxy groups -OCH3 is 1. The van der Waals surface area contributed by atoms with Crippen LogP contribution in [0.15, 0.2) is 29.4 Å². The average molecular weight is 388 g/mol. The van der Waals surface area contributed by atoms with Crippen molar-refractivity contribution in [2.24, 2.45) is 0 Å². The summed E-state index contributed by atoms with van der Waals surface area (Å²) in [4.78, 5) is 23.9. The van der Waals surface area contributed by atoms with Crippen LogP contribution in [0.25, 0.3) is 6.08 Å². The highest BCUT2D eigenvalue weighted by Gasteiger charge is 2.12. The number of amides is 2. The molecule has 1 rings (SSSR count). The molecule has 0 unspecified atom stereocenters. The zero-order valence-electron chi connectivity index (χ0n) is 15.7. The van der Waals surface area contributed by atoms with Crippen molar-refractivity contribution in [3.8, 4) is 17.2 Å². The maximum absolute atomic E-state index is 12.2. The number of allylic oxidation sites excluding steroid dienone is 1. The van der Waals surface area contributed by atoms with Gasteiger partial charge in [-0.1, -0.05) is 6.08 Å². The van der Waals surface area contributed by atoms with Crippen LogP contribution in [0.2, 0.25) is 0 Å². The third kappa shape index (κ3) is 6.27. The van der Waals surface area contributed by atoms with Crippen LogP contribution in [-0.2, 0) is 9.59 Å². The molecule has 0 aliphatic carbocycles. The van der Waals surface area contributed by atoms with Gasteiger partial charge in [0.2, 0.25) is 0 Å². The van der Waals surface area contributed by atoms with Crippen molar-refractivity contribution in [1.29, 1.82) is 10.8 Å². The summed E-state index contributed by atoms with van der Waals surface area (Å²) < 4.78 is 5.10. The van der Waals surface area contributed by atoms with Crippen LogP contribution in [0.1, 0.15) is 18.9 Å². The SMILES string of the molecule is C/C=C(\C=N)C(=O)NCCCNC(=O)/C(C=N)=C/c1cc(O)c(O)cc1OC. The summed E-state index contributed by atoms with van der Waals surface area (Å²) in [5.74, 6) is -1.37. The Morgan fingerprint density at radius 1 is 1.04 bits per heavy atom. The van der Waals surface area contributed by atoms with E-state index in [1.165, 1.54) is 31.4 Å². The molecule has 6 N–H and O–H groups in total. The zero-order chi connectivity index (χ0) is 21.1. The molecule has 1 aromatic rings. The molecule has 0 radical (unpaired) electrons. The Hall–Kier alpha value is -3.62. The second-order valence-electron chi connectivity index (χ2n) is 5.58. The van der Waals surface area contributed by atoms with E-state index < -0.39 is 5.91 Å². The summed E-state index contributed by atoms with van der Waals surface area (Å²) in [6, 6.07) is 2.43. The van der Waals surface area contributed by atoms with E-state index in [-0.39, 0.29) is 40.8 Å². The molecule has 2 amide bonds. The van der Waals surface area contributed by atoms with Gasteiger partial charge in [-0.15, -0.1) is 0 Å². The minimum absolute atomic E-state index is 0.0208. The highest BCUT2D eigenvalue weighted by molar-refractivity contribution is 6.15. The van der Waals surface area contributed by atoms with E-state index >= 15 is 0 Å². The van der Waals surface area contributed by atoms with Crippen molar-refractivity contribution in [2.75, 3.05) is 20.2 Å². The summed E-state index contributed by atoms with van der Waals surface area (Å²) in [7, 11) is 1.37. The van der Waals surface area contributed by atoms with Crippen molar-refractivity contribution >= 4 is 30.3 Å². The van der Waals surface area contributed by atoms with E-state index in [0.717, 1.165) is 12.4 Å². The number of rotatable bonds is 10. The van der Waals surface area contributed by atoms with Gasteiger partial charge in [-0.3, -0.25) is 9.59 Å². The van der Waals surface area contributed by atoms with Gasteiger partial charge >= 0.3 is 0 Å². The van der Waals surface area contributed by atoms with Crippen molar-refractivity contribution in [2.45, 2.75) is 13.3 Å². The molecular weight excluding hydrogens is 364 g/mol. The molecule has 0 heterocycles. The molecule has 0 aliphatic heterocycles. The van der Waals surface area contributed by atoms with Crippen molar-refractivity contribution in [3.63, 3.8) is 0 Å². The van der Waals surface area contributed by atoms with Crippen LogP contribution in [0.4, 0.5) is 0 Å². The number of hydrogen-bond acceptors (Lipinski definition) is 7. The molecule has 0 aliphatic rings. The van der Waals surface area contributed by atoms with Crippen molar-refractivity contribution in [3.05, 3.63) is 34.9 Å². The topological polar surface area (TPSA) is 156 Å². The predicted molar refractivity (Wildman–Crippen MR) is 106 cm³/mol. The number of carbonyl (C=O) groups is 2. The lowest BCUT2D eigenvalue weighted by Gasteiger charge is -2.09. The van der Waals surface area contributed by atoms with Crippen LogP contribution < -0.4 is 15.4 Å². The monoisotopic (exact) mass is 388 g/mol. The van der Waals surface area contributed by atoms with E-state index in [1.807, 2.05) is 0 Å². The number of benzene rings is 1. The van der Waals surface area contributed by atoms with E-state index in [4.69, 9.17) is 15.6 Å². The molecule has 0 saturated carbocycles. The molecule has 9 heteroatoms. The lowest BCUT2D eigenvalue weighted by atomic mass is 10.1. The first kappa shape index (κ1) is 22.4. The van der Waals surface area contributed by atoms with Crippen LogP contribution in [0.5, 0.6) is 17.2 Å². The lowest BCUT2D eigenvalue weighted by Crippen LogP contribution is -2.31. The molecular formula is C19H24N4O5. The molecule has 0 bridgehead atoms. The predicted octanol–water partition coefficient (Wildman–Crippen LogP) is 1.36. The minimum atomic E-state index is -0.510. The average Bonchev–Trinajstić information content (AvgIpc) is 2.68. The molecule has 9 nitrogen and oxygen atoms in total. The molecule has 1 aromatic carbocycles. The van der Waals surface area contributed by atoms with Gasteiger partial charge in [0, 0.05) is 37.1 Å². The molecule has 28 heavy (non-hydrogen) atoms. The number of hydrogen-bond donors (Lipinski definition) is 6. The molecule has 150 valence electrons. The van der Waals surface area contributed by atoms with Gasteiger partial charge in [0.15, 0.2) is 11.5 Å². The standard InChI is InChI=1S/C19H24N4O5/c1-3-12(10-20)18(26)22-5-4-6-23-19(27)14(11-21)7-13-8-15(24)16(25)9-17(13)28-2/h3,7-11,20-21,24-25H,4-6H2,1-2H3,(H,22,26)(H,23,27)/b12-3+,14-7+,20-10?,21-11?. The minimum Gasteiger partial charge on any atom is -0.504 e. The number of phenols is 2. The van der Waals surface area contributed by atoms with E-state index in [9.17, 15) is 19.8 Å². The third-order valence-electron chi connectivity index (χ3n) is 3.71. The summed E-state index contributed by atoms with van der Waals surface area (Å²) in [6.45, 7) is 2.24. The maximum atomic E-state index is 12.2. The van der Waals surface area contributed by atoms with Gasteiger partial charge in [0.05, 0.1) is 18.3 Å². The molecule has 0 spiro atoms. The molecule has 0 aromatic heterocycles. The number of phenolic OH excluding ortho intramolecular Hbond substituents is 2. The molecule has 0 atom stereocenters. The van der Waals surface area contributed by atoms with Gasteiger partial charge in [0.1, 0.15) is 5.75 Å². The summed E-state index contributed by atoms with van der Waals surface area (Å²) >= 11 is 0. The van der Waals surface area contributed by atoms with Crippen molar-refractivity contribution in [1.82, 2.24) is 10.6 Å². The van der Waals surface area contributed by atoms with Gasteiger partial charge in [-0.2, -0.15) is 0 Å². The van der Waals surface area contributed by atoms with E-state index in [0.29, 0.717) is 18.5 Å². The van der Waals surface area contributed by atoms with Crippen LogP contribution in [0.3, 0.4) is 0 Å². The first-order valence-corrected chi connectivity index (χ1v) is 8.43. The Kier molecular flexibility index (Phi) is 8.94. The summed E-state index contributed by atoms with van der Waals surface area (Å²) in [5, 5.41) is 38.9. The second-order valence-corrected chi connectivity index (χ2v) is 5.58. The third-order valence-corrected chi connectivity index (χ3v) is 3.71. The van der Waals surface area contributed by atoms with E-state index in [1.54, 1.807) is 6.92 Å². The Labute approximate surface area is 162 Å². The Morgan fingerprint density at radius 3 is 2.07 bits per heavy atom. The Bertz CT molecular complexity index is 815. The van der Waals surface area contributed by atoms with Gasteiger partial charge in [-0.05, 0) is 25.5 Å². The molecule has 0 saturated heterocycles. The van der Waals surface area contributed by atoms with Crippen LogP contribution >= 0.6 is 0 Å². The fourth-order valence-electron chi connectivity index (χ4n) is 2.18. The highest BCUT2D eigenvalue weighted by Crippen LogP contribution is 2.33. The van der Waals surface area contributed by atoms with Crippen LogP contribution in [0, 0.1) is 10.8 Å². The lowest BCUT2D eigenvalue weighted by molar-refractivity contribution is -0.117. The summed E-state index contributed by atoms with van der Waals surface area (Å²) in [6.07, 6.45) is 5.17. The maximum Gasteiger partial charge on any atom is 0.252 e. The Balaban J connectivity index is 2.66. The molecule has 0 fully saturated rings. The highest BCUT2D eigenvalue weighted by atomic mass is 16.5. The zero-order valence-corrected chi connectivity index (χ0v) is 15.7. The second kappa shape index (κ2) is 11.2. The first-order chi connectivity index (χ1) is 13.4. The van der Waals surface area contributed by atoms with E-state index in [2.05, 4.69) is 10.6 Å². The Morgan fingerprint density at radius 2 is 1.57 bits per heavy atom. The fourth-order valence-corrected chi connectivity index (χ4v) is 2.18. The largest absolute Gasteiger partial charge is 0.504 e. The fraction of sp³-hybridized carbons (Fsp3) is 0.263. The number of ether oxygens (including phenoxy) is 1. The van der Waals surface area contributed by atoms with Gasteiger partial charge in [-0.25, -0.2) is 0 Å². The van der Waals surface area contributed by atoms with Crippen molar-refractivity contribution < 1.29 is 24.5 Å². The smallest absolute Gasteiger partial charge is 0.252 e. The van der Waals surface area contributed by atoms with Gasteiger partial charge < -0.3 is 36.4 Å².